The molecule has 0 bridgehead atoms. The van der Waals surface area contributed by atoms with E-state index in [1.165, 1.54) is 12.1 Å². The molecule has 1 saturated heterocycles. The van der Waals surface area contributed by atoms with Gasteiger partial charge in [-0.1, -0.05) is 0 Å². The third-order valence-electron chi connectivity index (χ3n) is 4.99. The molecule has 1 fully saturated rings. The molecular formula is C18H28BrFN4O2S2. The number of rotatable bonds is 5. The zero-order chi connectivity index (χ0) is 21.4. The van der Waals surface area contributed by atoms with Gasteiger partial charge in [-0.05, 0) is 85.6 Å². The van der Waals surface area contributed by atoms with Gasteiger partial charge < -0.3 is 4.55 Å². The summed E-state index contributed by atoms with van der Waals surface area (Å²) < 4.78 is 46.3. The Labute approximate surface area is 179 Å². The summed E-state index contributed by atoms with van der Waals surface area (Å²) in [7, 11) is -3.30. The minimum atomic E-state index is -3.30. The molecule has 2 rings (SSSR count). The van der Waals surface area contributed by atoms with E-state index in [-0.39, 0.29) is 11.4 Å². The highest BCUT2D eigenvalue weighted by Gasteiger charge is 2.49. The van der Waals surface area contributed by atoms with Gasteiger partial charge in [0.15, 0.2) is 0 Å². The van der Waals surface area contributed by atoms with Crippen molar-refractivity contribution in [2.75, 3.05) is 12.3 Å². The first-order chi connectivity index (χ1) is 12.8. The van der Waals surface area contributed by atoms with Crippen LogP contribution >= 0.6 is 15.9 Å². The van der Waals surface area contributed by atoms with Crippen LogP contribution in [0.15, 0.2) is 16.7 Å². The molecule has 0 unspecified atom stereocenters. The third kappa shape index (κ3) is 4.77. The van der Waals surface area contributed by atoms with Crippen molar-refractivity contribution < 1.29 is 13.2 Å². The van der Waals surface area contributed by atoms with Crippen LogP contribution in [0.1, 0.15) is 53.2 Å². The van der Waals surface area contributed by atoms with Crippen molar-refractivity contribution in [1.29, 1.82) is 5.26 Å². The molecule has 0 radical (unpaired) electrons. The molecule has 10 heteroatoms. The molecule has 0 spiro atoms. The molecule has 0 aromatic carbocycles. The maximum absolute atomic E-state index is 14.8. The van der Waals surface area contributed by atoms with Crippen molar-refractivity contribution in [3.8, 4) is 6.07 Å². The highest BCUT2D eigenvalue weighted by molar-refractivity contribution is 9.10. The Balaban J connectivity index is 2.57. The summed E-state index contributed by atoms with van der Waals surface area (Å²) in [6, 6.07) is 4.94. The highest BCUT2D eigenvalue weighted by atomic mass is 79.9. The number of halogens is 2. The van der Waals surface area contributed by atoms with Crippen LogP contribution in [0.3, 0.4) is 0 Å². The van der Waals surface area contributed by atoms with E-state index in [1.54, 1.807) is 34.6 Å². The fourth-order valence-corrected chi connectivity index (χ4v) is 7.61. The van der Waals surface area contributed by atoms with Crippen LogP contribution in [0.25, 0.3) is 0 Å². The van der Waals surface area contributed by atoms with Crippen LogP contribution in [0.4, 0.5) is 4.39 Å². The fraction of sp³-hybridized carbons (Fsp3) is 0.667. The Morgan fingerprint density at radius 1 is 1.50 bits per heavy atom. The second kappa shape index (κ2) is 8.28. The predicted molar refractivity (Wildman–Crippen MR) is 116 cm³/mol. The van der Waals surface area contributed by atoms with Gasteiger partial charge in [-0.3, -0.25) is 8.93 Å². The van der Waals surface area contributed by atoms with Gasteiger partial charge in [0.2, 0.25) is 0 Å². The van der Waals surface area contributed by atoms with Crippen LogP contribution in [0.5, 0.6) is 0 Å². The quantitative estimate of drug-likeness (QED) is 0.331. The number of nitrogens with one attached hydrogen (secondary N) is 2. The number of hydrogen-bond acceptors (Lipinski definition) is 5. The largest absolute Gasteiger partial charge is 0.598 e. The molecule has 158 valence electrons. The second-order valence-corrected chi connectivity index (χ2v) is 14.5. The Hall–Kier alpha value is -0.570. The average molecular weight is 495 g/mol. The molecule has 0 amide bonds. The van der Waals surface area contributed by atoms with E-state index in [2.05, 4.69) is 36.4 Å². The summed E-state index contributed by atoms with van der Waals surface area (Å²) in [6.45, 7) is 9.21. The average Bonchev–Trinajstić information content (AvgIpc) is 2.58. The molecular weight excluding hydrogens is 467 g/mol. The van der Waals surface area contributed by atoms with Crippen molar-refractivity contribution in [3.05, 3.63) is 28.2 Å². The Kier molecular flexibility index (Phi) is 7.01. The molecule has 1 aromatic rings. The second-order valence-electron chi connectivity index (χ2n) is 8.57. The van der Waals surface area contributed by atoms with Crippen LogP contribution in [-0.2, 0) is 27.0 Å². The summed E-state index contributed by atoms with van der Waals surface area (Å²) in [4.78, 5) is 4.26. The lowest BCUT2D eigenvalue weighted by Gasteiger charge is -2.46. The molecule has 6 nitrogen and oxygen atoms in total. The van der Waals surface area contributed by atoms with Crippen LogP contribution in [0, 0.1) is 17.1 Å². The number of nitrogens with zero attached hydrogens (tertiary/aromatic N) is 2. The summed E-state index contributed by atoms with van der Waals surface area (Å²) in [5, 5.41) is 9.72. The van der Waals surface area contributed by atoms with E-state index in [1.807, 2.05) is 0 Å². The Morgan fingerprint density at radius 3 is 2.71 bits per heavy atom. The van der Waals surface area contributed by atoms with E-state index < -0.39 is 42.3 Å². The normalized spacial score (nSPS) is 26.7. The van der Waals surface area contributed by atoms with E-state index >= 15 is 0 Å². The Bertz CT molecular complexity index is 829. The summed E-state index contributed by atoms with van der Waals surface area (Å²) in [5.41, 5.74) is -1.30. The number of nitriles is 1. The van der Waals surface area contributed by atoms with Crippen molar-refractivity contribution in [2.45, 2.75) is 62.5 Å². The first-order valence-corrected chi connectivity index (χ1v) is 12.9. The van der Waals surface area contributed by atoms with Gasteiger partial charge >= 0.3 is 0 Å². The van der Waals surface area contributed by atoms with Gasteiger partial charge in [-0.25, -0.2) is 9.37 Å². The predicted octanol–water partition coefficient (Wildman–Crippen LogP) is 2.85. The molecule has 3 atom stereocenters. The van der Waals surface area contributed by atoms with E-state index in [0.29, 0.717) is 17.6 Å². The number of hydrogen-bond donors (Lipinski definition) is 3. The maximum Gasteiger partial charge on any atom is 0.146 e. The smallest absolute Gasteiger partial charge is 0.146 e. The number of thiol groups is 1. The lowest BCUT2D eigenvalue weighted by Crippen LogP contribution is -2.62. The lowest BCUT2D eigenvalue weighted by atomic mass is 10.0. The zero-order valence-corrected chi connectivity index (χ0v) is 20.1. The minimum absolute atomic E-state index is 0.0161. The summed E-state index contributed by atoms with van der Waals surface area (Å²) in [5.74, 6) is -0.682. The van der Waals surface area contributed by atoms with Gasteiger partial charge in [0.25, 0.3) is 0 Å². The highest BCUT2D eigenvalue weighted by Crippen LogP contribution is 2.37. The van der Waals surface area contributed by atoms with Crippen LogP contribution in [-0.4, -0.2) is 35.5 Å². The summed E-state index contributed by atoms with van der Waals surface area (Å²) in [6.07, 6.45) is 1.22. The molecule has 2 N–H and O–H groups in total. The number of pyridine rings is 1. The number of aromatic nitrogens is 1. The van der Waals surface area contributed by atoms with Crippen LogP contribution in [0.2, 0.25) is 0 Å². The third-order valence-corrected chi connectivity index (χ3v) is 10.9. The standard InChI is InChI=1S/C18H28BrFN4O2S2/c1-16(2,3)27(25)24-18(5,15-13(20)7-8-14(19)23-15)12-28(26)17(4,11-21)9-6-10-22-28/h7-8,24,28H,6,9-10,12H2,1-5H3,(H,22,26)/t17-,18+,27-/m1/s1. The maximum atomic E-state index is 14.8. The molecule has 0 aliphatic carbocycles. The van der Waals surface area contributed by atoms with Crippen LogP contribution < -0.4 is 9.44 Å². The first kappa shape index (κ1) is 23.7. The zero-order valence-electron chi connectivity index (χ0n) is 16.8. The van der Waals surface area contributed by atoms with Gasteiger partial charge in [0.1, 0.15) is 31.1 Å². The van der Waals surface area contributed by atoms with Gasteiger partial charge in [-0.2, -0.15) is 5.26 Å². The van der Waals surface area contributed by atoms with Crippen molar-refractivity contribution in [2.24, 2.45) is 0 Å². The fourth-order valence-electron chi connectivity index (χ4n) is 3.18. The van der Waals surface area contributed by atoms with Crippen molar-refractivity contribution in [1.82, 2.24) is 14.4 Å². The molecule has 2 heterocycles. The van der Waals surface area contributed by atoms with Gasteiger partial charge in [0.05, 0.1) is 6.07 Å². The Morgan fingerprint density at radius 2 is 2.14 bits per heavy atom. The first-order valence-electron chi connectivity index (χ1n) is 9.04. The van der Waals surface area contributed by atoms with E-state index in [4.69, 9.17) is 0 Å². The molecule has 1 aliphatic rings. The summed E-state index contributed by atoms with van der Waals surface area (Å²) >= 11 is 1.68. The molecule has 1 aliphatic heterocycles. The molecule has 0 saturated carbocycles. The molecule has 28 heavy (non-hydrogen) atoms. The topological polar surface area (TPSA) is 101 Å². The van der Waals surface area contributed by atoms with Crippen molar-refractivity contribution in [3.63, 3.8) is 0 Å². The van der Waals surface area contributed by atoms with Gasteiger partial charge in [0, 0.05) is 23.7 Å². The monoisotopic (exact) mass is 494 g/mol. The van der Waals surface area contributed by atoms with E-state index in [9.17, 15) is 18.4 Å². The van der Waals surface area contributed by atoms with Gasteiger partial charge in [-0.15, -0.1) is 4.72 Å². The molecule has 1 aromatic heterocycles. The SMILES string of the molecule is CC(C)(C)[S@@+]([O-])N[C@@](C)(C[SH]1(=O)NCCC[C@]1(C)C#N)c1nc(Br)ccc1F. The van der Waals surface area contributed by atoms with Crippen molar-refractivity contribution >= 4 is 37.4 Å². The minimum Gasteiger partial charge on any atom is -0.598 e. The van der Waals surface area contributed by atoms with E-state index in [0.717, 1.165) is 6.42 Å². The lowest BCUT2D eigenvalue weighted by molar-refractivity contribution is 0.417.